The molecule has 0 aromatic carbocycles. The summed E-state index contributed by atoms with van der Waals surface area (Å²) in [6, 6.07) is 0. The average molecular weight is 334 g/mol. The predicted octanol–water partition coefficient (Wildman–Crippen LogP) is 2.67. The molecule has 3 rings (SSSR count). The molecule has 0 aromatic heterocycles. The molecule has 0 spiro atoms. The van der Waals surface area contributed by atoms with E-state index < -0.39 is 12.2 Å². The molecule has 2 fully saturated rings. The van der Waals surface area contributed by atoms with E-state index >= 15 is 0 Å². The van der Waals surface area contributed by atoms with Crippen LogP contribution in [0.4, 0.5) is 0 Å². The van der Waals surface area contributed by atoms with Crippen LogP contribution in [-0.4, -0.2) is 35.0 Å². The minimum atomic E-state index is -0.785. The van der Waals surface area contributed by atoms with Gasteiger partial charge in [0.25, 0.3) is 0 Å². The highest BCUT2D eigenvalue weighted by atomic mass is 16.3. The van der Waals surface area contributed by atoms with Gasteiger partial charge in [0.1, 0.15) is 12.6 Å². The van der Waals surface area contributed by atoms with Crippen LogP contribution in [0.5, 0.6) is 0 Å². The number of hydrogen-bond donors (Lipinski definition) is 2. The number of aliphatic hydroxyl groups excluding tert-OH is 2. The third-order valence-corrected chi connectivity index (χ3v) is 7.46. The Hall–Kier alpha value is -1.00. The van der Waals surface area contributed by atoms with E-state index in [-0.39, 0.29) is 22.7 Å². The second-order valence-electron chi connectivity index (χ2n) is 8.77. The quantitative estimate of drug-likeness (QED) is 0.615. The lowest BCUT2D eigenvalue weighted by Gasteiger charge is -2.51. The van der Waals surface area contributed by atoms with Gasteiger partial charge in [-0.15, -0.1) is 0 Å². The van der Waals surface area contributed by atoms with Crippen molar-refractivity contribution < 1.29 is 19.8 Å². The van der Waals surface area contributed by atoms with Crippen molar-refractivity contribution in [1.82, 2.24) is 0 Å². The van der Waals surface area contributed by atoms with E-state index in [9.17, 15) is 19.8 Å². The lowest BCUT2D eigenvalue weighted by atomic mass is 9.53. The van der Waals surface area contributed by atoms with Crippen LogP contribution in [0.15, 0.2) is 11.6 Å². The predicted molar refractivity (Wildman–Crippen MR) is 91.2 cm³/mol. The van der Waals surface area contributed by atoms with Gasteiger partial charge in [-0.3, -0.25) is 0 Å². The van der Waals surface area contributed by atoms with E-state index in [4.69, 9.17) is 0 Å². The summed E-state index contributed by atoms with van der Waals surface area (Å²) in [4.78, 5) is 22.9. The van der Waals surface area contributed by atoms with E-state index in [2.05, 4.69) is 19.9 Å². The maximum absolute atomic E-state index is 11.5. The third kappa shape index (κ3) is 2.68. The highest BCUT2D eigenvalue weighted by Gasteiger charge is 2.55. The molecule has 4 heteroatoms. The Kier molecular flexibility index (Phi) is 4.73. The van der Waals surface area contributed by atoms with Crippen molar-refractivity contribution in [3.8, 4) is 0 Å². The fraction of sp³-hybridized carbons (Fsp3) is 0.800. The second-order valence-corrected chi connectivity index (χ2v) is 8.77. The van der Waals surface area contributed by atoms with Crippen LogP contribution in [0, 0.1) is 28.6 Å². The molecule has 7 unspecified atom stereocenters. The minimum Gasteiger partial charge on any atom is -0.390 e. The summed E-state index contributed by atoms with van der Waals surface area (Å²) in [5.74, 6) is 0.732. The first-order chi connectivity index (χ1) is 11.4. The molecule has 0 bridgehead atoms. The van der Waals surface area contributed by atoms with Gasteiger partial charge in [-0.1, -0.05) is 25.5 Å². The van der Waals surface area contributed by atoms with Crippen LogP contribution in [0.1, 0.15) is 58.8 Å². The molecule has 7 atom stereocenters. The van der Waals surface area contributed by atoms with Crippen LogP contribution in [0.3, 0.4) is 0 Å². The molecule has 3 aliphatic carbocycles. The van der Waals surface area contributed by atoms with Gasteiger partial charge < -0.3 is 19.8 Å². The topological polar surface area (TPSA) is 74.6 Å². The molecule has 2 N–H and O–H groups in total. The van der Waals surface area contributed by atoms with E-state index in [0.717, 1.165) is 38.3 Å². The van der Waals surface area contributed by atoms with Gasteiger partial charge in [0.2, 0.25) is 0 Å². The number of rotatable bonds is 3. The molecule has 134 valence electrons. The summed E-state index contributed by atoms with van der Waals surface area (Å²) >= 11 is 0. The molecule has 3 aliphatic rings. The number of aldehydes is 2. The molecule has 0 aromatic rings. The highest BCUT2D eigenvalue weighted by molar-refractivity contribution is 5.57. The fourth-order valence-electron chi connectivity index (χ4n) is 5.88. The first-order valence-electron chi connectivity index (χ1n) is 9.30. The number of fused-ring (bicyclic) bond motifs is 3. The highest BCUT2D eigenvalue weighted by Crippen LogP contribution is 2.62. The fourth-order valence-corrected chi connectivity index (χ4v) is 5.88. The SMILES string of the molecule is CC1(CC=O)CC(O)C(O)C/C=C2\C1CCC1(C)C(C=O)CCC21. The monoisotopic (exact) mass is 334 g/mol. The van der Waals surface area contributed by atoms with E-state index in [0.29, 0.717) is 25.2 Å². The average Bonchev–Trinajstić information content (AvgIpc) is 2.87. The summed E-state index contributed by atoms with van der Waals surface area (Å²) in [6.45, 7) is 4.32. The van der Waals surface area contributed by atoms with E-state index in [1.807, 2.05) is 0 Å². The molecular weight excluding hydrogens is 304 g/mol. The molecular formula is C20H30O4. The van der Waals surface area contributed by atoms with Gasteiger partial charge in [-0.2, -0.15) is 0 Å². The van der Waals surface area contributed by atoms with Gasteiger partial charge in [0, 0.05) is 12.3 Å². The lowest BCUT2D eigenvalue weighted by Crippen LogP contribution is -2.46. The Balaban J connectivity index is 2.01. The molecule has 2 saturated carbocycles. The van der Waals surface area contributed by atoms with Gasteiger partial charge >= 0.3 is 0 Å². The standard InChI is InChI=1S/C20H30O4/c1-19(9-10-21)11-18(24)17(23)6-4-14-15(19)7-8-20(2)13(12-22)3-5-16(14)20/h4,10,12-13,15-18,23-24H,3,5-9,11H2,1-2H3/b14-4+. The molecule has 0 radical (unpaired) electrons. The number of carbonyl (C=O) groups is 2. The maximum Gasteiger partial charge on any atom is 0.123 e. The van der Waals surface area contributed by atoms with E-state index in [1.54, 1.807) is 0 Å². The van der Waals surface area contributed by atoms with Crippen molar-refractivity contribution in [3.05, 3.63) is 11.6 Å². The van der Waals surface area contributed by atoms with Crippen molar-refractivity contribution in [1.29, 1.82) is 0 Å². The van der Waals surface area contributed by atoms with Crippen LogP contribution < -0.4 is 0 Å². The molecule has 4 nitrogen and oxygen atoms in total. The van der Waals surface area contributed by atoms with Gasteiger partial charge in [-0.05, 0) is 61.2 Å². The van der Waals surface area contributed by atoms with Gasteiger partial charge in [0.05, 0.1) is 12.2 Å². The molecule has 0 heterocycles. The van der Waals surface area contributed by atoms with Crippen molar-refractivity contribution >= 4 is 12.6 Å². The Bertz CT molecular complexity index is 542. The lowest BCUT2D eigenvalue weighted by molar-refractivity contribution is -0.115. The summed E-state index contributed by atoms with van der Waals surface area (Å²) in [6.07, 6.45) is 7.86. The van der Waals surface area contributed by atoms with E-state index in [1.165, 1.54) is 5.57 Å². The zero-order chi connectivity index (χ0) is 17.5. The number of aliphatic hydroxyl groups is 2. The largest absolute Gasteiger partial charge is 0.390 e. The van der Waals surface area contributed by atoms with Crippen molar-refractivity contribution in [2.24, 2.45) is 28.6 Å². The van der Waals surface area contributed by atoms with Crippen LogP contribution in [-0.2, 0) is 9.59 Å². The molecule has 0 amide bonds. The smallest absolute Gasteiger partial charge is 0.123 e. The van der Waals surface area contributed by atoms with Crippen LogP contribution >= 0.6 is 0 Å². The van der Waals surface area contributed by atoms with Crippen LogP contribution in [0.2, 0.25) is 0 Å². The summed E-state index contributed by atoms with van der Waals surface area (Å²) in [5, 5.41) is 20.5. The summed E-state index contributed by atoms with van der Waals surface area (Å²) in [5.41, 5.74) is 1.02. The van der Waals surface area contributed by atoms with Crippen molar-refractivity contribution in [2.45, 2.75) is 71.0 Å². The molecule has 0 aliphatic heterocycles. The Morgan fingerprint density at radius 1 is 1.12 bits per heavy atom. The number of hydrogen-bond acceptors (Lipinski definition) is 4. The zero-order valence-corrected chi connectivity index (χ0v) is 14.8. The maximum atomic E-state index is 11.5. The van der Waals surface area contributed by atoms with Crippen LogP contribution in [0.25, 0.3) is 0 Å². The van der Waals surface area contributed by atoms with Crippen molar-refractivity contribution in [3.63, 3.8) is 0 Å². The normalized spacial score (nSPS) is 50.7. The summed E-state index contributed by atoms with van der Waals surface area (Å²) in [7, 11) is 0. The second kappa shape index (κ2) is 6.38. The number of allylic oxidation sites excluding steroid dienone is 1. The Morgan fingerprint density at radius 3 is 2.54 bits per heavy atom. The Labute approximate surface area is 144 Å². The third-order valence-electron chi connectivity index (χ3n) is 7.46. The minimum absolute atomic E-state index is 0.00887. The molecule has 0 saturated heterocycles. The zero-order valence-electron chi connectivity index (χ0n) is 14.8. The number of carbonyl (C=O) groups excluding carboxylic acids is 2. The first kappa shape index (κ1) is 17.8. The first-order valence-corrected chi connectivity index (χ1v) is 9.30. The molecule has 24 heavy (non-hydrogen) atoms. The van der Waals surface area contributed by atoms with Gasteiger partial charge in [-0.25, -0.2) is 0 Å². The van der Waals surface area contributed by atoms with Crippen molar-refractivity contribution in [2.75, 3.05) is 0 Å². The summed E-state index contributed by atoms with van der Waals surface area (Å²) < 4.78 is 0. The van der Waals surface area contributed by atoms with Gasteiger partial charge in [0.15, 0.2) is 0 Å². The Morgan fingerprint density at radius 2 is 1.88 bits per heavy atom.